The molecule has 4 aromatic carbocycles. The minimum atomic E-state index is -0.250. The summed E-state index contributed by atoms with van der Waals surface area (Å²) in [4.78, 5) is 17.6. The Labute approximate surface area is 171 Å². The zero-order valence-corrected chi connectivity index (χ0v) is 16.1. The van der Waals surface area contributed by atoms with E-state index in [1.165, 1.54) is 11.3 Å². The molecule has 0 radical (unpaired) electrons. The average molecular weight is 396 g/mol. The van der Waals surface area contributed by atoms with E-state index in [1.807, 2.05) is 66.7 Å². The van der Waals surface area contributed by atoms with Gasteiger partial charge in [-0.15, -0.1) is 0 Å². The van der Waals surface area contributed by atoms with E-state index in [4.69, 9.17) is 4.74 Å². The number of para-hydroxylation sites is 2. The van der Waals surface area contributed by atoms with Gasteiger partial charge in [-0.1, -0.05) is 72.0 Å². The highest BCUT2D eigenvalue weighted by atomic mass is 32.1. The lowest BCUT2D eigenvalue weighted by Crippen LogP contribution is -2.12. The molecule has 140 valence electrons. The molecule has 0 spiro atoms. The number of benzene rings is 4. The van der Waals surface area contributed by atoms with E-state index < -0.39 is 0 Å². The molecule has 0 saturated heterocycles. The van der Waals surface area contributed by atoms with E-state index in [-0.39, 0.29) is 5.91 Å². The second-order valence-electron chi connectivity index (χ2n) is 6.52. The molecular weight excluding hydrogens is 380 g/mol. The van der Waals surface area contributed by atoms with Gasteiger partial charge in [-0.05, 0) is 35.7 Å². The number of amides is 1. The maximum absolute atomic E-state index is 12.9. The Bertz CT molecular complexity index is 1330. The van der Waals surface area contributed by atoms with Crippen molar-refractivity contribution >= 4 is 43.4 Å². The lowest BCUT2D eigenvalue weighted by molar-refractivity contribution is 0.102. The normalized spacial score (nSPS) is 10.9. The van der Waals surface area contributed by atoms with Gasteiger partial charge < -0.3 is 4.74 Å². The second-order valence-corrected chi connectivity index (χ2v) is 7.55. The number of carbonyl (C=O) groups excluding carboxylic acids is 1. The van der Waals surface area contributed by atoms with E-state index in [1.54, 1.807) is 12.1 Å². The summed E-state index contributed by atoms with van der Waals surface area (Å²) in [6.07, 6.45) is 0. The van der Waals surface area contributed by atoms with Gasteiger partial charge in [0.2, 0.25) is 0 Å². The van der Waals surface area contributed by atoms with Crippen molar-refractivity contribution in [1.29, 1.82) is 0 Å². The third-order valence-corrected chi connectivity index (χ3v) is 5.54. The lowest BCUT2D eigenvalue weighted by atomic mass is 10.1. The van der Waals surface area contributed by atoms with Gasteiger partial charge in [-0.2, -0.15) is 0 Å². The molecule has 0 fully saturated rings. The minimum Gasteiger partial charge on any atom is -0.457 e. The minimum absolute atomic E-state index is 0.250. The SMILES string of the molecule is O=C(Nc1nc2c(ccc3ccccc32)s1)c1ccccc1Oc1ccccc1. The lowest BCUT2D eigenvalue weighted by Gasteiger charge is -2.10. The molecule has 4 nitrogen and oxygen atoms in total. The molecule has 1 heterocycles. The summed E-state index contributed by atoms with van der Waals surface area (Å²) in [5, 5.41) is 5.70. The molecule has 0 atom stereocenters. The summed E-state index contributed by atoms with van der Waals surface area (Å²) < 4.78 is 6.94. The Hall–Kier alpha value is -3.70. The van der Waals surface area contributed by atoms with E-state index >= 15 is 0 Å². The molecule has 5 aromatic rings. The fourth-order valence-electron chi connectivity index (χ4n) is 3.24. The number of aromatic nitrogens is 1. The van der Waals surface area contributed by atoms with Crippen molar-refractivity contribution in [2.45, 2.75) is 0 Å². The number of nitrogens with zero attached hydrogens (tertiary/aromatic N) is 1. The van der Waals surface area contributed by atoms with Crippen LogP contribution in [0.1, 0.15) is 10.4 Å². The summed E-state index contributed by atoms with van der Waals surface area (Å²) in [5.74, 6) is 0.932. The Kier molecular flexibility index (Phi) is 4.42. The predicted molar refractivity (Wildman–Crippen MR) is 118 cm³/mol. The van der Waals surface area contributed by atoms with Crippen molar-refractivity contribution in [2.75, 3.05) is 5.32 Å². The van der Waals surface area contributed by atoms with Crippen LogP contribution in [0, 0.1) is 0 Å². The molecule has 5 heteroatoms. The molecule has 29 heavy (non-hydrogen) atoms. The first-order chi connectivity index (χ1) is 14.3. The third kappa shape index (κ3) is 3.44. The van der Waals surface area contributed by atoms with Gasteiger partial charge in [0.1, 0.15) is 11.5 Å². The Morgan fingerprint density at radius 1 is 0.828 bits per heavy atom. The van der Waals surface area contributed by atoms with Crippen molar-refractivity contribution in [3.63, 3.8) is 0 Å². The summed E-state index contributed by atoms with van der Waals surface area (Å²) in [6, 6.07) is 28.8. The van der Waals surface area contributed by atoms with Crippen LogP contribution in [-0.2, 0) is 0 Å². The average Bonchev–Trinajstić information content (AvgIpc) is 3.18. The Morgan fingerprint density at radius 2 is 1.59 bits per heavy atom. The number of nitrogens with one attached hydrogen (secondary N) is 1. The Balaban J connectivity index is 1.46. The van der Waals surface area contributed by atoms with Gasteiger partial charge in [-0.25, -0.2) is 4.98 Å². The summed E-state index contributed by atoms with van der Waals surface area (Å²) >= 11 is 1.46. The van der Waals surface area contributed by atoms with Crippen molar-refractivity contribution in [1.82, 2.24) is 4.98 Å². The fraction of sp³-hybridized carbons (Fsp3) is 0. The zero-order valence-electron chi connectivity index (χ0n) is 15.3. The number of ether oxygens (including phenoxy) is 1. The molecule has 0 unspecified atom stereocenters. The van der Waals surface area contributed by atoms with Gasteiger partial charge in [0.05, 0.1) is 15.8 Å². The predicted octanol–water partition coefficient (Wildman–Crippen LogP) is 6.49. The standard InChI is InChI=1S/C24H16N2O2S/c27-23(19-12-6-7-13-20(19)28-17-9-2-1-3-10-17)26-24-25-22-18-11-5-4-8-16(18)14-15-21(22)29-24/h1-15H,(H,25,26,27). The zero-order chi connectivity index (χ0) is 19.6. The van der Waals surface area contributed by atoms with Crippen LogP contribution >= 0.6 is 11.3 Å². The van der Waals surface area contributed by atoms with Crippen LogP contribution in [0.4, 0.5) is 5.13 Å². The number of hydrogen-bond donors (Lipinski definition) is 1. The van der Waals surface area contributed by atoms with E-state index in [9.17, 15) is 4.79 Å². The van der Waals surface area contributed by atoms with Crippen LogP contribution in [0.3, 0.4) is 0 Å². The maximum atomic E-state index is 12.9. The third-order valence-electron chi connectivity index (χ3n) is 4.61. The van der Waals surface area contributed by atoms with Gasteiger partial charge >= 0.3 is 0 Å². The summed E-state index contributed by atoms with van der Waals surface area (Å²) in [7, 11) is 0. The molecule has 5 rings (SSSR count). The van der Waals surface area contributed by atoms with Crippen molar-refractivity contribution in [3.05, 3.63) is 96.6 Å². The smallest absolute Gasteiger partial charge is 0.261 e. The first-order valence-corrected chi connectivity index (χ1v) is 10.0. The quantitative estimate of drug-likeness (QED) is 0.377. The van der Waals surface area contributed by atoms with Crippen molar-refractivity contribution in [3.8, 4) is 11.5 Å². The monoisotopic (exact) mass is 396 g/mol. The van der Waals surface area contributed by atoms with Crippen LogP contribution in [-0.4, -0.2) is 10.9 Å². The molecule has 0 saturated carbocycles. The Morgan fingerprint density at radius 3 is 2.48 bits per heavy atom. The first-order valence-electron chi connectivity index (χ1n) is 9.19. The largest absolute Gasteiger partial charge is 0.457 e. The number of carbonyl (C=O) groups is 1. The molecule has 1 N–H and O–H groups in total. The van der Waals surface area contributed by atoms with Crippen LogP contribution in [0.25, 0.3) is 21.0 Å². The molecular formula is C24H16N2O2S. The highest BCUT2D eigenvalue weighted by Crippen LogP contribution is 2.32. The number of rotatable bonds is 4. The summed E-state index contributed by atoms with van der Waals surface area (Å²) in [5.41, 5.74) is 1.36. The molecule has 1 amide bonds. The number of anilines is 1. The number of fused-ring (bicyclic) bond motifs is 3. The van der Waals surface area contributed by atoms with Crippen LogP contribution in [0.5, 0.6) is 11.5 Å². The molecule has 0 aliphatic heterocycles. The van der Waals surface area contributed by atoms with Gasteiger partial charge in [0.15, 0.2) is 5.13 Å². The van der Waals surface area contributed by atoms with E-state index in [2.05, 4.69) is 22.4 Å². The topological polar surface area (TPSA) is 51.2 Å². The molecule has 0 aliphatic carbocycles. The highest BCUT2D eigenvalue weighted by molar-refractivity contribution is 7.22. The van der Waals surface area contributed by atoms with Crippen LogP contribution in [0.2, 0.25) is 0 Å². The second kappa shape index (κ2) is 7.37. The van der Waals surface area contributed by atoms with Gasteiger partial charge in [0.25, 0.3) is 5.91 Å². The summed E-state index contributed by atoms with van der Waals surface area (Å²) in [6.45, 7) is 0. The first kappa shape index (κ1) is 17.4. The van der Waals surface area contributed by atoms with Crippen molar-refractivity contribution in [2.24, 2.45) is 0 Å². The van der Waals surface area contributed by atoms with Crippen LogP contribution < -0.4 is 10.1 Å². The van der Waals surface area contributed by atoms with Gasteiger partial charge in [-0.3, -0.25) is 10.1 Å². The fourth-order valence-corrected chi connectivity index (χ4v) is 4.12. The van der Waals surface area contributed by atoms with E-state index in [0.29, 0.717) is 22.2 Å². The van der Waals surface area contributed by atoms with Crippen molar-refractivity contribution < 1.29 is 9.53 Å². The maximum Gasteiger partial charge on any atom is 0.261 e. The molecule has 0 bridgehead atoms. The number of thiazole rings is 1. The number of hydrogen-bond acceptors (Lipinski definition) is 4. The van der Waals surface area contributed by atoms with Gasteiger partial charge in [0, 0.05) is 5.39 Å². The van der Waals surface area contributed by atoms with Crippen LogP contribution in [0.15, 0.2) is 91.0 Å². The molecule has 0 aliphatic rings. The van der Waals surface area contributed by atoms with E-state index in [0.717, 1.165) is 21.0 Å². The molecule has 1 aromatic heterocycles. The highest BCUT2D eigenvalue weighted by Gasteiger charge is 2.15.